The van der Waals surface area contributed by atoms with Crippen molar-refractivity contribution in [2.24, 2.45) is 0 Å². The molecule has 2 N–H and O–H groups in total. The van der Waals surface area contributed by atoms with Gasteiger partial charge < -0.3 is 5.11 Å². The van der Waals surface area contributed by atoms with Crippen molar-refractivity contribution in [1.82, 2.24) is 5.32 Å². The summed E-state index contributed by atoms with van der Waals surface area (Å²) in [4.78, 5) is 37.4. The van der Waals surface area contributed by atoms with E-state index in [1.54, 1.807) is 48.5 Å². The van der Waals surface area contributed by atoms with Crippen molar-refractivity contribution < 1.29 is 19.5 Å². The minimum Gasteiger partial charge on any atom is -0.507 e. The Balaban J connectivity index is 2.04. The summed E-state index contributed by atoms with van der Waals surface area (Å²) >= 11 is 0. The fraction of sp³-hybridized carbons (Fsp3) is 0. The first-order valence-corrected chi connectivity index (χ1v) is 6.82. The summed E-state index contributed by atoms with van der Waals surface area (Å²) in [6.45, 7) is 0. The smallest absolute Gasteiger partial charge is 0.335 e. The SMILES string of the molecule is O=C1NC(=O)N(c2ccccc2)C(=O)/C1=C/c1ccccc1O. The van der Waals surface area contributed by atoms with Crippen LogP contribution in [0.4, 0.5) is 10.5 Å². The van der Waals surface area contributed by atoms with Crippen LogP contribution in [0.1, 0.15) is 5.56 Å². The van der Waals surface area contributed by atoms with Crippen molar-refractivity contribution in [3.63, 3.8) is 0 Å². The molecule has 6 heteroatoms. The van der Waals surface area contributed by atoms with Gasteiger partial charge in [0.05, 0.1) is 5.69 Å². The first-order chi connectivity index (χ1) is 11.1. The summed E-state index contributed by atoms with van der Waals surface area (Å²) in [6.07, 6.45) is 1.26. The number of hydrogen-bond acceptors (Lipinski definition) is 4. The van der Waals surface area contributed by atoms with Crippen LogP contribution in [0.5, 0.6) is 5.75 Å². The minimum atomic E-state index is -0.805. The lowest BCUT2D eigenvalue weighted by Gasteiger charge is -2.26. The van der Waals surface area contributed by atoms with Crippen molar-refractivity contribution in [2.45, 2.75) is 0 Å². The lowest BCUT2D eigenvalue weighted by atomic mass is 10.1. The van der Waals surface area contributed by atoms with Crippen LogP contribution in [0.15, 0.2) is 60.2 Å². The standard InChI is InChI=1S/C17H12N2O4/c20-14-9-5-4-6-11(14)10-13-15(21)18-17(23)19(16(13)22)12-7-2-1-3-8-12/h1-10,20H,(H,18,21,23)/b13-10+. The van der Waals surface area contributed by atoms with Crippen LogP contribution in [0.3, 0.4) is 0 Å². The molecule has 1 fully saturated rings. The van der Waals surface area contributed by atoms with Crippen LogP contribution in [0.25, 0.3) is 6.08 Å². The van der Waals surface area contributed by atoms with E-state index in [4.69, 9.17) is 0 Å². The number of imide groups is 2. The van der Waals surface area contributed by atoms with Crippen molar-refractivity contribution in [1.29, 1.82) is 0 Å². The number of carbonyl (C=O) groups excluding carboxylic acids is 3. The first-order valence-electron chi connectivity index (χ1n) is 6.82. The van der Waals surface area contributed by atoms with E-state index in [9.17, 15) is 19.5 Å². The molecule has 2 aromatic carbocycles. The Morgan fingerprint density at radius 3 is 2.26 bits per heavy atom. The zero-order valence-corrected chi connectivity index (χ0v) is 11.9. The zero-order chi connectivity index (χ0) is 16.4. The van der Waals surface area contributed by atoms with Gasteiger partial charge in [-0.3, -0.25) is 14.9 Å². The van der Waals surface area contributed by atoms with E-state index in [2.05, 4.69) is 5.32 Å². The summed E-state index contributed by atoms with van der Waals surface area (Å²) in [5, 5.41) is 11.9. The number of para-hydroxylation sites is 2. The molecule has 2 aromatic rings. The van der Waals surface area contributed by atoms with Crippen LogP contribution >= 0.6 is 0 Å². The van der Waals surface area contributed by atoms with Crippen LogP contribution < -0.4 is 10.2 Å². The molecule has 0 spiro atoms. The molecule has 6 nitrogen and oxygen atoms in total. The molecule has 0 radical (unpaired) electrons. The third-order valence-electron chi connectivity index (χ3n) is 3.35. The van der Waals surface area contributed by atoms with Crippen LogP contribution in [0.2, 0.25) is 0 Å². The van der Waals surface area contributed by atoms with Crippen molar-refractivity contribution in [3.8, 4) is 5.75 Å². The number of hydrogen-bond donors (Lipinski definition) is 2. The number of nitrogens with zero attached hydrogens (tertiary/aromatic N) is 1. The summed E-state index contributed by atoms with van der Waals surface area (Å²) in [5.74, 6) is -1.60. The Morgan fingerprint density at radius 2 is 1.57 bits per heavy atom. The molecule has 1 aliphatic rings. The molecule has 3 rings (SSSR count). The number of urea groups is 1. The van der Waals surface area contributed by atoms with Gasteiger partial charge in [-0.2, -0.15) is 0 Å². The molecule has 1 saturated heterocycles. The number of benzene rings is 2. The fourth-order valence-corrected chi connectivity index (χ4v) is 2.23. The maximum atomic E-state index is 12.6. The maximum Gasteiger partial charge on any atom is 0.335 e. The summed E-state index contributed by atoms with van der Waals surface area (Å²) in [5.41, 5.74) is 0.439. The van der Waals surface area contributed by atoms with E-state index < -0.39 is 17.8 Å². The van der Waals surface area contributed by atoms with Gasteiger partial charge in [-0.25, -0.2) is 9.69 Å². The maximum absolute atomic E-state index is 12.6. The number of aromatic hydroxyl groups is 1. The number of barbiturate groups is 1. The molecule has 0 saturated carbocycles. The predicted molar refractivity (Wildman–Crippen MR) is 83.6 cm³/mol. The van der Waals surface area contributed by atoms with Gasteiger partial charge in [0.1, 0.15) is 11.3 Å². The molecule has 1 heterocycles. The second-order valence-electron chi connectivity index (χ2n) is 4.85. The minimum absolute atomic E-state index is 0.0660. The predicted octanol–water partition coefficient (Wildman–Crippen LogP) is 2.06. The van der Waals surface area contributed by atoms with Crippen LogP contribution in [-0.2, 0) is 9.59 Å². The Bertz CT molecular complexity index is 827. The van der Waals surface area contributed by atoms with Gasteiger partial charge >= 0.3 is 6.03 Å². The normalized spacial score (nSPS) is 16.6. The number of amides is 4. The van der Waals surface area contributed by atoms with E-state index in [1.807, 2.05) is 0 Å². The van der Waals surface area contributed by atoms with Gasteiger partial charge in [0.25, 0.3) is 11.8 Å². The van der Waals surface area contributed by atoms with Crippen LogP contribution in [-0.4, -0.2) is 23.0 Å². The van der Waals surface area contributed by atoms with Crippen LogP contribution in [0, 0.1) is 0 Å². The van der Waals surface area contributed by atoms with Gasteiger partial charge in [0.15, 0.2) is 0 Å². The van der Waals surface area contributed by atoms with E-state index in [0.717, 1.165) is 4.90 Å². The molecular weight excluding hydrogens is 296 g/mol. The van der Waals surface area contributed by atoms with Gasteiger partial charge in [-0.05, 0) is 24.3 Å². The largest absolute Gasteiger partial charge is 0.507 e. The highest BCUT2D eigenvalue weighted by Gasteiger charge is 2.36. The number of phenolic OH excluding ortho intramolecular Hbond substituents is 1. The molecule has 23 heavy (non-hydrogen) atoms. The molecule has 114 valence electrons. The second kappa shape index (κ2) is 5.76. The van der Waals surface area contributed by atoms with E-state index in [0.29, 0.717) is 11.3 Å². The van der Waals surface area contributed by atoms with E-state index in [-0.39, 0.29) is 11.3 Å². The molecular formula is C17H12N2O4. The zero-order valence-electron chi connectivity index (χ0n) is 11.9. The fourth-order valence-electron chi connectivity index (χ4n) is 2.23. The molecule has 0 unspecified atom stereocenters. The van der Waals surface area contributed by atoms with Gasteiger partial charge in [0.2, 0.25) is 0 Å². The third-order valence-corrected chi connectivity index (χ3v) is 3.35. The number of nitrogens with one attached hydrogen (secondary N) is 1. The quantitative estimate of drug-likeness (QED) is 0.657. The van der Waals surface area contributed by atoms with E-state index >= 15 is 0 Å². The molecule has 0 bridgehead atoms. The average Bonchev–Trinajstić information content (AvgIpc) is 2.54. The highest BCUT2D eigenvalue weighted by atomic mass is 16.3. The van der Waals surface area contributed by atoms with E-state index in [1.165, 1.54) is 12.1 Å². The van der Waals surface area contributed by atoms with Gasteiger partial charge in [-0.1, -0.05) is 36.4 Å². The highest BCUT2D eigenvalue weighted by molar-refractivity contribution is 6.39. The average molecular weight is 308 g/mol. The summed E-state index contributed by atoms with van der Waals surface area (Å²) < 4.78 is 0. The third kappa shape index (κ3) is 2.69. The second-order valence-corrected chi connectivity index (χ2v) is 4.85. The summed E-state index contributed by atoms with van der Waals surface area (Å²) in [6, 6.07) is 13.8. The Hall–Kier alpha value is -3.41. The lowest BCUT2D eigenvalue weighted by Crippen LogP contribution is -2.54. The number of anilines is 1. The summed E-state index contributed by atoms with van der Waals surface area (Å²) in [7, 11) is 0. The lowest BCUT2D eigenvalue weighted by molar-refractivity contribution is -0.122. The Kier molecular flexibility index (Phi) is 3.64. The Labute approximate surface area is 131 Å². The van der Waals surface area contributed by atoms with Gasteiger partial charge in [-0.15, -0.1) is 0 Å². The first kappa shape index (κ1) is 14.5. The molecule has 0 aromatic heterocycles. The number of carbonyl (C=O) groups is 3. The molecule has 4 amide bonds. The Morgan fingerprint density at radius 1 is 0.913 bits per heavy atom. The monoisotopic (exact) mass is 308 g/mol. The van der Waals surface area contributed by atoms with Crippen molar-refractivity contribution in [2.75, 3.05) is 4.90 Å². The van der Waals surface area contributed by atoms with Crippen molar-refractivity contribution >= 4 is 29.6 Å². The number of phenols is 1. The van der Waals surface area contributed by atoms with Crippen molar-refractivity contribution in [3.05, 3.63) is 65.7 Å². The molecule has 0 aliphatic carbocycles. The van der Waals surface area contributed by atoms with Gasteiger partial charge in [0, 0.05) is 5.56 Å². The number of rotatable bonds is 2. The molecule has 0 atom stereocenters. The topological polar surface area (TPSA) is 86.7 Å². The highest BCUT2D eigenvalue weighted by Crippen LogP contribution is 2.24. The molecule has 1 aliphatic heterocycles.